The molecule has 3 aromatic rings. The number of fused-ring (bicyclic) bond motifs is 2. The number of hydrogen-bond donors (Lipinski definition) is 2. The number of alkyl halides is 1. The Labute approximate surface area is 191 Å². The van der Waals surface area contributed by atoms with Crippen LogP contribution < -0.4 is 15.8 Å². The van der Waals surface area contributed by atoms with Gasteiger partial charge >= 0.3 is 0 Å². The summed E-state index contributed by atoms with van der Waals surface area (Å²) in [5, 5.41) is 3.14. The van der Waals surface area contributed by atoms with E-state index < -0.39 is 23.8 Å². The predicted molar refractivity (Wildman–Crippen MR) is 120 cm³/mol. The second-order valence-electron chi connectivity index (χ2n) is 7.68. The zero-order valence-corrected chi connectivity index (χ0v) is 17.9. The topological polar surface area (TPSA) is 98.3 Å². The lowest BCUT2D eigenvalue weighted by Gasteiger charge is -2.31. The van der Waals surface area contributed by atoms with E-state index in [2.05, 4.69) is 31.2 Å². The van der Waals surface area contributed by atoms with E-state index in [0.717, 1.165) is 6.07 Å². The molecule has 3 atom stereocenters. The van der Waals surface area contributed by atoms with Crippen molar-refractivity contribution in [2.24, 2.45) is 16.6 Å². The molecule has 0 saturated heterocycles. The molecule has 0 amide bonds. The first-order valence-electron chi connectivity index (χ1n) is 9.97. The fraction of sp³-hybridized carbons (Fsp3) is 0.273. The van der Waals surface area contributed by atoms with Crippen LogP contribution in [0.25, 0.3) is 11.0 Å². The molecule has 2 aliphatic rings. The van der Waals surface area contributed by atoms with Crippen LogP contribution in [0.5, 0.6) is 5.88 Å². The summed E-state index contributed by atoms with van der Waals surface area (Å²) in [6.45, 7) is -0.953. The number of nitrogens with two attached hydrogens (primary N) is 1. The maximum absolute atomic E-state index is 14.9. The quantitative estimate of drug-likeness (QED) is 0.531. The molecule has 3 heterocycles. The van der Waals surface area contributed by atoms with Gasteiger partial charge in [0.1, 0.15) is 17.7 Å². The fourth-order valence-corrected chi connectivity index (χ4v) is 5.26. The van der Waals surface area contributed by atoms with Crippen molar-refractivity contribution in [1.29, 1.82) is 0 Å². The Kier molecular flexibility index (Phi) is 5.25. The Morgan fingerprint density at radius 1 is 1.33 bits per heavy atom. The van der Waals surface area contributed by atoms with E-state index in [1.165, 1.54) is 30.2 Å². The maximum Gasteiger partial charge on any atom is 0.233 e. The summed E-state index contributed by atoms with van der Waals surface area (Å²) < 4.78 is 49.1. The molecule has 2 aromatic heterocycles. The van der Waals surface area contributed by atoms with Gasteiger partial charge in [0.25, 0.3) is 0 Å². The Hall–Kier alpha value is -3.52. The third kappa shape index (κ3) is 3.70. The molecule has 1 aliphatic carbocycles. The lowest BCUT2D eigenvalue weighted by Crippen LogP contribution is -2.37. The van der Waals surface area contributed by atoms with Gasteiger partial charge in [0, 0.05) is 34.7 Å². The summed E-state index contributed by atoms with van der Waals surface area (Å²) in [7, 11) is 0. The molecule has 7 nitrogen and oxygen atoms in total. The molecule has 0 spiro atoms. The van der Waals surface area contributed by atoms with Crippen molar-refractivity contribution in [3.05, 3.63) is 47.8 Å². The molecule has 1 aliphatic heterocycles. The average molecular weight is 470 g/mol. The van der Waals surface area contributed by atoms with E-state index in [1.807, 2.05) is 0 Å². The van der Waals surface area contributed by atoms with Gasteiger partial charge in [-0.15, -0.1) is 6.42 Å². The number of pyridine rings is 1. The number of terminal acetylenes is 1. The van der Waals surface area contributed by atoms with Crippen LogP contribution in [0.3, 0.4) is 0 Å². The van der Waals surface area contributed by atoms with Crippen molar-refractivity contribution >= 4 is 39.5 Å². The van der Waals surface area contributed by atoms with Crippen LogP contribution in [0.2, 0.25) is 0 Å². The SMILES string of the molecule is C#CCOc1cnc2c(Nc3cc(F)c(F)c([C@@]4(CF)N=C(N)S[C@H]5C[C@H]54)c3)nccc2n1. The zero-order valence-electron chi connectivity index (χ0n) is 17.1. The van der Waals surface area contributed by atoms with Crippen LogP contribution in [0.4, 0.5) is 24.7 Å². The van der Waals surface area contributed by atoms with E-state index in [0.29, 0.717) is 17.5 Å². The second kappa shape index (κ2) is 8.12. The van der Waals surface area contributed by atoms with Crippen LogP contribution in [0, 0.1) is 29.9 Å². The Bertz CT molecular complexity index is 1330. The number of benzene rings is 1. The molecule has 0 unspecified atom stereocenters. The molecule has 33 heavy (non-hydrogen) atoms. The number of amidine groups is 1. The van der Waals surface area contributed by atoms with E-state index in [1.54, 1.807) is 6.07 Å². The molecule has 1 fully saturated rings. The highest BCUT2D eigenvalue weighted by Crippen LogP contribution is 2.58. The lowest BCUT2D eigenvalue weighted by atomic mass is 9.85. The smallest absolute Gasteiger partial charge is 0.233 e. The van der Waals surface area contributed by atoms with Crippen molar-refractivity contribution in [2.45, 2.75) is 17.2 Å². The molecule has 5 rings (SSSR count). The van der Waals surface area contributed by atoms with Crippen molar-refractivity contribution in [3.63, 3.8) is 0 Å². The van der Waals surface area contributed by atoms with Crippen molar-refractivity contribution in [1.82, 2.24) is 15.0 Å². The molecule has 168 valence electrons. The third-order valence-corrected chi connectivity index (χ3v) is 6.79. The highest BCUT2D eigenvalue weighted by Gasteiger charge is 2.58. The summed E-state index contributed by atoms with van der Waals surface area (Å²) in [5.41, 5.74) is 5.11. The maximum atomic E-state index is 14.9. The molecule has 11 heteroatoms. The third-order valence-electron chi connectivity index (χ3n) is 5.63. The van der Waals surface area contributed by atoms with Gasteiger partial charge in [-0.1, -0.05) is 17.7 Å². The van der Waals surface area contributed by atoms with E-state index in [9.17, 15) is 13.2 Å². The van der Waals surface area contributed by atoms with Gasteiger partial charge in [0.05, 0.1) is 11.7 Å². The number of aromatic nitrogens is 3. The number of anilines is 2. The number of nitrogens with zero attached hydrogens (tertiary/aromatic N) is 4. The number of nitrogens with one attached hydrogen (secondary N) is 1. The van der Waals surface area contributed by atoms with E-state index >= 15 is 0 Å². The summed E-state index contributed by atoms with van der Waals surface area (Å²) in [6.07, 6.45) is 8.67. The number of aliphatic imine (C=N–C) groups is 1. The van der Waals surface area contributed by atoms with Crippen molar-refractivity contribution < 1.29 is 17.9 Å². The van der Waals surface area contributed by atoms with Gasteiger partial charge in [-0.05, 0) is 18.6 Å². The largest absolute Gasteiger partial charge is 0.463 e. The highest BCUT2D eigenvalue weighted by molar-refractivity contribution is 8.14. The zero-order chi connectivity index (χ0) is 23.2. The van der Waals surface area contributed by atoms with Crippen LogP contribution in [-0.4, -0.2) is 38.7 Å². The number of rotatable bonds is 6. The van der Waals surface area contributed by atoms with Crippen LogP contribution in [-0.2, 0) is 5.54 Å². The number of thioether (sulfide) groups is 1. The summed E-state index contributed by atoms with van der Waals surface area (Å²) in [5.74, 6) is 0.292. The molecule has 0 bridgehead atoms. The lowest BCUT2D eigenvalue weighted by molar-refractivity contribution is 0.269. The molecular weight excluding hydrogens is 453 g/mol. The number of hydrogen-bond acceptors (Lipinski definition) is 8. The van der Waals surface area contributed by atoms with Crippen molar-refractivity contribution in [3.8, 4) is 18.2 Å². The summed E-state index contributed by atoms with van der Waals surface area (Å²) in [4.78, 5) is 17.1. The second-order valence-corrected chi connectivity index (χ2v) is 8.94. The van der Waals surface area contributed by atoms with Crippen LogP contribution in [0.1, 0.15) is 12.0 Å². The first kappa shape index (κ1) is 21.3. The minimum Gasteiger partial charge on any atom is -0.463 e. The highest BCUT2D eigenvalue weighted by atomic mass is 32.2. The fourth-order valence-electron chi connectivity index (χ4n) is 4.04. The minimum atomic E-state index is -1.56. The van der Waals surface area contributed by atoms with Gasteiger partial charge in [-0.2, -0.15) is 0 Å². The predicted octanol–water partition coefficient (Wildman–Crippen LogP) is 3.67. The van der Waals surface area contributed by atoms with E-state index in [-0.39, 0.29) is 45.9 Å². The monoisotopic (exact) mass is 470 g/mol. The van der Waals surface area contributed by atoms with E-state index in [4.69, 9.17) is 16.9 Å². The molecule has 1 saturated carbocycles. The Morgan fingerprint density at radius 2 is 2.18 bits per heavy atom. The van der Waals surface area contributed by atoms with Gasteiger partial charge in [-0.25, -0.2) is 33.1 Å². The summed E-state index contributed by atoms with van der Waals surface area (Å²) in [6, 6.07) is 3.94. The molecule has 1 aromatic carbocycles. The van der Waals surface area contributed by atoms with Crippen LogP contribution in [0.15, 0.2) is 35.6 Å². The van der Waals surface area contributed by atoms with Gasteiger partial charge in [0.2, 0.25) is 5.88 Å². The molecular formula is C22H17F3N6OS. The number of ether oxygens (including phenoxy) is 1. The first-order valence-corrected chi connectivity index (χ1v) is 10.9. The Balaban J connectivity index is 1.54. The molecule has 3 N–H and O–H groups in total. The minimum absolute atomic E-state index is 0.0394. The first-order chi connectivity index (χ1) is 15.9. The standard InChI is InChI=1S/C22H17F3N6OS/c1-2-5-32-17-9-28-19-15(30-17)3-4-27-20(19)29-11-6-13(18(25)14(24)7-11)22(10-23)12-8-16(12)33-21(26)31-22/h1,3-4,6-7,9,12,16H,5,8,10H2,(H2,26,31)(H,27,29)/t12-,16+,22+/m1/s1. The van der Waals surface area contributed by atoms with Crippen LogP contribution >= 0.6 is 11.8 Å². The number of halogens is 3. The normalized spacial score (nSPS) is 23.4. The Morgan fingerprint density at radius 3 is 2.97 bits per heavy atom. The average Bonchev–Trinajstić information content (AvgIpc) is 3.59. The van der Waals surface area contributed by atoms with Crippen molar-refractivity contribution in [2.75, 3.05) is 18.6 Å². The van der Waals surface area contributed by atoms with Gasteiger partial charge < -0.3 is 15.8 Å². The summed E-state index contributed by atoms with van der Waals surface area (Å²) >= 11 is 1.33. The van der Waals surface area contributed by atoms with Gasteiger partial charge in [-0.3, -0.25) is 0 Å². The molecule has 0 radical (unpaired) electrons. The van der Waals surface area contributed by atoms with Gasteiger partial charge in [0.15, 0.2) is 29.2 Å².